The molecule has 0 amide bonds. The van der Waals surface area contributed by atoms with Crippen molar-refractivity contribution in [2.75, 3.05) is 18.2 Å². The minimum Gasteiger partial charge on any atom is -0.479 e. The van der Waals surface area contributed by atoms with Crippen molar-refractivity contribution in [1.82, 2.24) is 9.97 Å². The lowest BCUT2D eigenvalue weighted by Crippen LogP contribution is -2.04. The van der Waals surface area contributed by atoms with Crippen molar-refractivity contribution in [3.05, 3.63) is 35.7 Å². The number of ether oxygens (including phenoxy) is 1. The van der Waals surface area contributed by atoms with Gasteiger partial charge in [0, 0.05) is 5.69 Å². The number of nitrogens with zero attached hydrogens (tertiary/aromatic N) is 2. The Balaban J connectivity index is 2.34. The van der Waals surface area contributed by atoms with Crippen molar-refractivity contribution < 1.29 is 4.74 Å². The lowest BCUT2D eigenvalue weighted by molar-refractivity contribution is 0.399. The molecule has 0 aliphatic heterocycles. The maximum absolute atomic E-state index is 5.91. The van der Waals surface area contributed by atoms with Crippen LogP contribution in [0.4, 0.5) is 17.2 Å². The lowest BCUT2D eigenvalue weighted by Gasteiger charge is -2.12. The summed E-state index contributed by atoms with van der Waals surface area (Å²) < 4.78 is 5.06. The highest BCUT2D eigenvalue weighted by molar-refractivity contribution is 5.73. The Morgan fingerprint density at radius 2 is 2.00 bits per heavy atom. The van der Waals surface area contributed by atoms with Gasteiger partial charge in [-0.15, -0.1) is 0 Å². The van der Waals surface area contributed by atoms with E-state index in [0.717, 1.165) is 11.3 Å². The van der Waals surface area contributed by atoms with E-state index in [2.05, 4.69) is 28.3 Å². The number of aryl methyl sites for hydroxylation is 2. The topological polar surface area (TPSA) is 73.1 Å². The van der Waals surface area contributed by atoms with Crippen molar-refractivity contribution in [2.45, 2.75) is 13.8 Å². The SMILES string of the molecule is COc1ncnc(Nc2ccc(C)cc2C)c1N. The van der Waals surface area contributed by atoms with Gasteiger partial charge in [0.25, 0.3) is 0 Å². The zero-order valence-electron chi connectivity index (χ0n) is 10.7. The lowest BCUT2D eigenvalue weighted by atomic mass is 10.1. The Hall–Kier alpha value is -2.30. The van der Waals surface area contributed by atoms with Crippen LogP contribution in [0, 0.1) is 13.8 Å². The number of methoxy groups -OCH3 is 1. The van der Waals surface area contributed by atoms with E-state index in [1.165, 1.54) is 19.0 Å². The summed E-state index contributed by atoms with van der Waals surface area (Å²) in [5.41, 5.74) is 9.62. The fraction of sp³-hybridized carbons (Fsp3) is 0.231. The summed E-state index contributed by atoms with van der Waals surface area (Å²) >= 11 is 0. The maximum atomic E-state index is 5.91. The summed E-state index contributed by atoms with van der Waals surface area (Å²) in [5.74, 6) is 0.922. The molecule has 0 radical (unpaired) electrons. The van der Waals surface area contributed by atoms with Gasteiger partial charge in [0.05, 0.1) is 7.11 Å². The highest BCUT2D eigenvalue weighted by atomic mass is 16.5. The van der Waals surface area contributed by atoms with E-state index in [9.17, 15) is 0 Å². The second-order valence-electron chi connectivity index (χ2n) is 4.09. The largest absolute Gasteiger partial charge is 0.479 e. The van der Waals surface area contributed by atoms with E-state index < -0.39 is 0 Å². The normalized spacial score (nSPS) is 10.2. The van der Waals surface area contributed by atoms with E-state index in [-0.39, 0.29) is 0 Å². The molecule has 0 aliphatic rings. The smallest absolute Gasteiger partial charge is 0.242 e. The molecule has 94 valence electrons. The average molecular weight is 244 g/mol. The Morgan fingerprint density at radius 3 is 2.67 bits per heavy atom. The van der Waals surface area contributed by atoms with Crippen LogP contribution in [0.15, 0.2) is 24.5 Å². The van der Waals surface area contributed by atoms with Crippen LogP contribution in [0.5, 0.6) is 5.88 Å². The van der Waals surface area contributed by atoms with Crippen molar-refractivity contribution in [2.24, 2.45) is 0 Å². The first kappa shape index (κ1) is 12.2. The summed E-state index contributed by atoms with van der Waals surface area (Å²) in [6.45, 7) is 4.09. The first-order chi connectivity index (χ1) is 8.61. The van der Waals surface area contributed by atoms with E-state index in [0.29, 0.717) is 17.4 Å². The zero-order chi connectivity index (χ0) is 13.1. The summed E-state index contributed by atoms with van der Waals surface area (Å²) in [6.07, 6.45) is 1.42. The van der Waals surface area contributed by atoms with Crippen LogP contribution in [-0.2, 0) is 0 Å². The third kappa shape index (κ3) is 2.34. The van der Waals surface area contributed by atoms with Crippen LogP contribution in [0.25, 0.3) is 0 Å². The minimum absolute atomic E-state index is 0.372. The molecule has 1 heterocycles. The van der Waals surface area contributed by atoms with Crippen LogP contribution in [0.3, 0.4) is 0 Å². The van der Waals surface area contributed by atoms with Crippen molar-refractivity contribution in [3.63, 3.8) is 0 Å². The quantitative estimate of drug-likeness (QED) is 0.867. The Morgan fingerprint density at radius 1 is 1.22 bits per heavy atom. The first-order valence-electron chi connectivity index (χ1n) is 5.60. The number of benzene rings is 1. The van der Waals surface area contributed by atoms with E-state index in [1.807, 2.05) is 19.1 Å². The molecule has 0 saturated heterocycles. The molecule has 0 atom stereocenters. The summed E-state index contributed by atoms with van der Waals surface area (Å²) in [5, 5.41) is 3.19. The predicted octanol–water partition coefficient (Wildman–Crippen LogP) is 2.43. The number of aromatic nitrogens is 2. The molecule has 5 nitrogen and oxygen atoms in total. The van der Waals surface area contributed by atoms with Gasteiger partial charge in [-0.2, -0.15) is 4.98 Å². The van der Waals surface area contributed by atoms with Crippen molar-refractivity contribution >= 4 is 17.2 Å². The summed E-state index contributed by atoms with van der Waals surface area (Å²) in [6, 6.07) is 6.12. The van der Waals surface area contributed by atoms with Crippen LogP contribution < -0.4 is 15.8 Å². The van der Waals surface area contributed by atoms with Gasteiger partial charge in [-0.25, -0.2) is 4.98 Å². The molecule has 5 heteroatoms. The van der Waals surface area contributed by atoms with Gasteiger partial charge < -0.3 is 15.8 Å². The molecule has 3 N–H and O–H groups in total. The monoisotopic (exact) mass is 244 g/mol. The van der Waals surface area contributed by atoms with Crippen molar-refractivity contribution in [1.29, 1.82) is 0 Å². The van der Waals surface area contributed by atoms with Gasteiger partial charge in [-0.1, -0.05) is 17.7 Å². The second-order valence-corrected chi connectivity index (χ2v) is 4.09. The van der Waals surface area contributed by atoms with Gasteiger partial charge in [0.15, 0.2) is 5.82 Å². The minimum atomic E-state index is 0.372. The highest BCUT2D eigenvalue weighted by Gasteiger charge is 2.09. The van der Waals surface area contributed by atoms with Crippen LogP contribution >= 0.6 is 0 Å². The van der Waals surface area contributed by atoms with Gasteiger partial charge >= 0.3 is 0 Å². The van der Waals surface area contributed by atoms with Gasteiger partial charge in [-0.3, -0.25) is 0 Å². The molecule has 1 aromatic carbocycles. The third-order valence-electron chi connectivity index (χ3n) is 2.68. The van der Waals surface area contributed by atoms with Gasteiger partial charge in [0.2, 0.25) is 5.88 Å². The van der Waals surface area contributed by atoms with Crippen LogP contribution in [0.2, 0.25) is 0 Å². The fourth-order valence-electron chi connectivity index (χ4n) is 1.72. The standard InChI is InChI=1S/C13H16N4O/c1-8-4-5-10(9(2)6-8)17-12-11(14)13(18-3)16-7-15-12/h4-7H,14H2,1-3H3,(H,15,16,17). The molecule has 18 heavy (non-hydrogen) atoms. The zero-order valence-corrected chi connectivity index (χ0v) is 10.7. The van der Waals surface area contributed by atoms with Crippen LogP contribution in [-0.4, -0.2) is 17.1 Å². The van der Waals surface area contributed by atoms with Gasteiger partial charge in [-0.05, 0) is 25.5 Å². The maximum Gasteiger partial charge on any atom is 0.242 e. The molecule has 1 aromatic heterocycles. The number of hydrogen-bond donors (Lipinski definition) is 2. The number of nitrogens with two attached hydrogens (primary N) is 1. The summed E-state index contributed by atoms with van der Waals surface area (Å²) in [4.78, 5) is 8.06. The number of anilines is 3. The van der Waals surface area contributed by atoms with Crippen LogP contribution in [0.1, 0.15) is 11.1 Å². The molecule has 0 spiro atoms. The molecule has 0 saturated carbocycles. The average Bonchev–Trinajstić information content (AvgIpc) is 2.35. The molecule has 0 bridgehead atoms. The molecule has 0 unspecified atom stereocenters. The molecule has 2 aromatic rings. The Kier molecular flexibility index (Phi) is 3.32. The predicted molar refractivity (Wildman–Crippen MR) is 72.2 cm³/mol. The molecule has 2 rings (SSSR count). The Labute approximate surface area is 106 Å². The van der Waals surface area contributed by atoms with E-state index in [1.54, 1.807) is 0 Å². The highest BCUT2D eigenvalue weighted by Crippen LogP contribution is 2.28. The molecular formula is C13H16N4O. The summed E-state index contributed by atoms with van der Waals surface area (Å²) in [7, 11) is 1.53. The number of rotatable bonds is 3. The Bertz CT molecular complexity index is 569. The van der Waals surface area contributed by atoms with Crippen molar-refractivity contribution in [3.8, 4) is 5.88 Å². The second kappa shape index (κ2) is 4.91. The van der Waals surface area contributed by atoms with Gasteiger partial charge in [0.1, 0.15) is 12.0 Å². The number of nitrogens with one attached hydrogen (secondary N) is 1. The molecular weight excluding hydrogens is 228 g/mol. The number of hydrogen-bond acceptors (Lipinski definition) is 5. The first-order valence-corrected chi connectivity index (χ1v) is 5.60. The molecule has 0 aliphatic carbocycles. The molecule has 0 fully saturated rings. The fourth-order valence-corrected chi connectivity index (χ4v) is 1.72. The van der Waals surface area contributed by atoms with E-state index in [4.69, 9.17) is 10.5 Å². The number of nitrogen functional groups attached to an aromatic ring is 1. The van der Waals surface area contributed by atoms with E-state index >= 15 is 0 Å². The third-order valence-corrected chi connectivity index (χ3v) is 2.68.